The van der Waals surface area contributed by atoms with Crippen LogP contribution in [0.2, 0.25) is 0 Å². The van der Waals surface area contributed by atoms with Crippen LogP contribution in [0.1, 0.15) is 30.1 Å². The maximum Gasteiger partial charge on any atom is 0.139 e. The molecule has 0 saturated heterocycles. The molecule has 0 bridgehead atoms. The number of benzene rings is 1. The van der Waals surface area contributed by atoms with E-state index < -0.39 is 0 Å². The number of nitrogen functional groups attached to an aromatic ring is 1. The summed E-state index contributed by atoms with van der Waals surface area (Å²) in [6, 6.07) is 8.27. The highest BCUT2D eigenvalue weighted by Gasteiger charge is 2.27. The largest absolute Gasteiger partial charge is 0.383 e. The molecule has 0 unspecified atom stereocenters. The van der Waals surface area contributed by atoms with E-state index in [9.17, 15) is 0 Å². The first-order chi connectivity index (χ1) is 9.67. The fourth-order valence-electron chi connectivity index (χ4n) is 2.04. The predicted octanol–water partition coefficient (Wildman–Crippen LogP) is 3.71. The van der Waals surface area contributed by atoms with Gasteiger partial charge in [-0.1, -0.05) is 6.07 Å². The third kappa shape index (κ3) is 2.72. The van der Waals surface area contributed by atoms with Gasteiger partial charge in [-0.2, -0.15) is 0 Å². The number of hydrogen-bond acceptors (Lipinski definition) is 5. The lowest BCUT2D eigenvalue weighted by molar-refractivity contribution is 0.927. The van der Waals surface area contributed by atoms with Crippen molar-refractivity contribution in [3.05, 3.63) is 35.7 Å². The van der Waals surface area contributed by atoms with Crippen LogP contribution < -0.4 is 11.1 Å². The van der Waals surface area contributed by atoms with Gasteiger partial charge in [0.25, 0.3) is 0 Å². The van der Waals surface area contributed by atoms with Gasteiger partial charge >= 0.3 is 0 Å². The Bertz CT molecular complexity index is 638. The Morgan fingerprint density at radius 3 is 2.80 bits per heavy atom. The van der Waals surface area contributed by atoms with Gasteiger partial charge in [0.05, 0.1) is 0 Å². The van der Waals surface area contributed by atoms with Crippen LogP contribution in [-0.2, 0) is 0 Å². The van der Waals surface area contributed by atoms with Crippen LogP contribution in [0, 0.1) is 6.92 Å². The van der Waals surface area contributed by atoms with Gasteiger partial charge in [0.15, 0.2) is 0 Å². The normalized spacial score (nSPS) is 14.3. The molecule has 5 heteroatoms. The zero-order chi connectivity index (χ0) is 14.1. The summed E-state index contributed by atoms with van der Waals surface area (Å²) in [5.74, 6) is 2.76. The van der Waals surface area contributed by atoms with E-state index in [1.807, 2.05) is 19.1 Å². The van der Waals surface area contributed by atoms with Gasteiger partial charge in [-0.15, -0.1) is 11.8 Å². The molecule has 3 rings (SSSR count). The second-order valence-electron chi connectivity index (χ2n) is 5.07. The Morgan fingerprint density at radius 2 is 2.10 bits per heavy atom. The third-order valence-corrected chi connectivity index (χ3v) is 4.20. The van der Waals surface area contributed by atoms with Crippen molar-refractivity contribution in [2.75, 3.05) is 17.3 Å². The summed E-state index contributed by atoms with van der Waals surface area (Å²) in [7, 11) is 0. The second-order valence-corrected chi connectivity index (χ2v) is 5.95. The van der Waals surface area contributed by atoms with Crippen molar-refractivity contribution >= 4 is 29.1 Å². The highest BCUT2D eigenvalue weighted by molar-refractivity contribution is 7.98. The molecule has 0 amide bonds. The van der Waals surface area contributed by atoms with Crippen LogP contribution in [0.25, 0.3) is 0 Å². The number of hydrogen-bond donors (Lipinski definition) is 2. The molecule has 1 aliphatic rings. The first kappa shape index (κ1) is 13.2. The first-order valence-corrected chi connectivity index (χ1v) is 7.95. The zero-order valence-electron chi connectivity index (χ0n) is 11.7. The standard InChI is InChI=1S/C15H18N4S/c1-9-13(16)18-15(10-6-7-10)19-14(9)17-11-4-3-5-12(8-11)20-2/h3-5,8,10H,6-7H2,1-2H3,(H3,16,17,18,19). The molecule has 1 fully saturated rings. The summed E-state index contributed by atoms with van der Waals surface area (Å²) < 4.78 is 0. The number of rotatable bonds is 4. The number of nitrogens with one attached hydrogen (secondary N) is 1. The quantitative estimate of drug-likeness (QED) is 0.839. The number of anilines is 3. The molecule has 0 spiro atoms. The van der Waals surface area contributed by atoms with Gasteiger partial charge in [0.2, 0.25) is 0 Å². The van der Waals surface area contributed by atoms with Crippen molar-refractivity contribution < 1.29 is 0 Å². The number of aromatic nitrogens is 2. The number of thioether (sulfide) groups is 1. The Hall–Kier alpha value is -1.75. The SMILES string of the molecule is CSc1cccc(Nc2nc(C3CC3)nc(N)c2C)c1. The molecule has 1 aliphatic carbocycles. The molecule has 0 radical (unpaired) electrons. The molecule has 1 aromatic carbocycles. The average Bonchev–Trinajstić information content (AvgIpc) is 3.28. The third-order valence-electron chi connectivity index (χ3n) is 3.48. The van der Waals surface area contributed by atoms with E-state index in [0.717, 1.165) is 22.9 Å². The zero-order valence-corrected chi connectivity index (χ0v) is 12.5. The lowest BCUT2D eigenvalue weighted by Gasteiger charge is -2.12. The van der Waals surface area contributed by atoms with E-state index in [0.29, 0.717) is 11.7 Å². The number of nitrogens with two attached hydrogens (primary N) is 1. The molecule has 0 atom stereocenters. The lowest BCUT2D eigenvalue weighted by atomic mass is 10.2. The molecule has 1 aromatic heterocycles. The highest BCUT2D eigenvalue weighted by Crippen LogP contribution is 2.39. The van der Waals surface area contributed by atoms with Gasteiger partial charge in [-0.3, -0.25) is 0 Å². The van der Waals surface area contributed by atoms with Crippen molar-refractivity contribution in [2.24, 2.45) is 0 Å². The van der Waals surface area contributed by atoms with Crippen molar-refractivity contribution in [1.29, 1.82) is 0 Å². The van der Waals surface area contributed by atoms with Crippen LogP contribution in [0.4, 0.5) is 17.3 Å². The van der Waals surface area contributed by atoms with Gasteiger partial charge < -0.3 is 11.1 Å². The molecule has 4 nitrogen and oxygen atoms in total. The van der Waals surface area contributed by atoms with E-state index in [1.54, 1.807) is 11.8 Å². The molecular formula is C15H18N4S. The van der Waals surface area contributed by atoms with Gasteiger partial charge in [-0.05, 0) is 44.2 Å². The summed E-state index contributed by atoms with van der Waals surface area (Å²) in [4.78, 5) is 10.2. The molecule has 3 N–H and O–H groups in total. The minimum absolute atomic E-state index is 0.496. The van der Waals surface area contributed by atoms with Crippen LogP contribution in [-0.4, -0.2) is 16.2 Å². The summed E-state index contributed by atoms with van der Waals surface area (Å²) in [5, 5.41) is 3.37. The van der Waals surface area contributed by atoms with E-state index in [1.165, 1.54) is 17.7 Å². The lowest BCUT2D eigenvalue weighted by Crippen LogP contribution is -2.06. The van der Waals surface area contributed by atoms with Gasteiger partial charge in [0.1, 0.15) is 17.5 Å². The van der Waals surface area contributed by atoms with Crippen molar-refractivity contribution in [3.8, 4) is 0 Å². The fraction of sp³-hybridized carbons (Fsp3) is 0.333. The van der Waals surface area contributed by atoms with Gasteiger partial charge in [-0.25, -0.2) is 9.97 Å². The topological polar surface area (TPSA) is 63.8 Å². The molecule has 0 aliphatic heterocycles. The maximum absolute atomic E-state index is 6.00. The molecule has 20 heavy (non-hydrogen) atoms. The first-order valence-electron chi connectivity index (χ1n) is 6.72. The smallest absolute Gasteiger partial charge is 0.139 e. The fourth-order valence-corrected chi connectivity index (χ4v) is 2.49. The minimum atomic E-state index is 0.496. The average molecular weight is 286 g/mol. The number of nitrogens with zero attached hydrogens (tertiary/aromatic N) is 2. The molecule has 1 saturated carbocycles. The molecule has 1 heterocycles. The highest BCUT2D eigenvalue weighted by atomic mass is 32.2. The summed E-state index contributed by atoms with van der Waals surface area (Å²) in [5.41, 5.74) is 7.94. The monoisotopic (exact) mass is 286 g/mol. The Morgan fingerprint density at radius 1 is 1.30 bits per heavy atom. The molecular weight excluding hydrogens is 268 g/mol. The predicted molar refractivity (Wildman–Crippen MR) is 84.7 cm³/mol. The van der Waals surface area contributed by atoms with Crippen LogP contribution >= 0.6 is 11.8 Å². The summed E-state index contributed by atoms with van der Waals surface area (Å²) in [6.45, 7) is 1.95. The second kappa shape index (κ2) is 5.32. The van der Waals surface area contributed by atoms with E-state index in [2.05, 4.69) is 33.7 Å². The maximum atomic E-state index is 6.00. The Kier molecular flexibility index (Phi) is 3.53. The van der Waals surface area contributed by atoms with Crippen LogP contribution in [0.15, 0.2) is 29.2 Å². The van der Waals surface area contributed by atoms with Crippen molar-refractivity contribution in [2.45, 2.75) is 30.6 Å². The van der Waals surface area contributed by atoms with Gasteiger partial charge in [0, 0.05) is 22.1 Å². The van der Waals surface area contributed by atoms with Crippen molar-refractivity contribution in [1.82, 2.24) is 9.97 Å². The van der Waals surface area contributed by atoms with E-state index >= 15 is 0 Å². The van der Waals surface area contributed by atoms with Crippen LogP contribution in [0.5, 0.6) is 0 Å². The van der Waals surface area contributed by atoms with E-state index in [-0.39, 0.29) is 0 Å². The van der Waals surface area contributed by atoms with Crippen molar-refractivity contribution in [3.63, 3.8) is 0 Å². The van der Waals surface area contributed by atoms with E-state index in [4.69, 9.17) is 5.73 Å². The summed E-state index contributed by atoms with van der Waals surface area (Å²) >= 11 is 1.72. The Balaban J connectivity index is 1.92. The molecule has 2 aromatic rings. The Labute approximate surface area is 123 Å². The van der Waals surface area contributed by atoms with Crippen LogP contribution in [0.3, 0.4) is 0 Å². The minimum Gasteiger partial charge on any atom is -0.383 e. The molecule has 104 valence electrons. The summed E-state index contributed by atoms with van der Waals surface area (Å²) in [6.07, 6.45) is 4.41.